The topological polar surface area (TPSA) is 339 Å². The third kappa shape index (κ3) is 22.1. The van der Waals surface area contributed by atoms with E-state index in [1.807, 2.05) is 50.2 Å². The van der Waals surface area contributed by atoms with Gasteiger partial charge < -0.3 is 51.1 Å². The number of aromatic nitrogens is 4. The van der Waals surface area contributed by atoms with Gasteiger partial charge in [0.15, 0.2) is 51.8 Å². The first-order valence-corrected chi connectivity index (χ1v) is 34.4. The fraction of sp³-hybridized carbons (Fsp3) is 0.0870. The molecule has 0 aliphatic rings. The summed E-state index contributed by atoms with van der Waals surface area (Å²) in [7, 11) is 14.8. The third-order valence-electron chi connectivity index (χ3n) is 12.9. The quantitative estimate of drug-likeness (QED) is 0.0222. The second-order valence-electron chi connectivity index (χ2n) is 20.1. The van der Waals surface area contributed by atoms with Crippen LogP contribution in [0, 0.1) is 13.8 Å². The Morgan fingerprint density at radius 3 is 1.05 bits per heavy atom. The molecule has 0 radical (unpaired) electrons. The van der Waals surface area contributed by atoms with E-state index >= 15 is 0 Å². The molecule has 0 aliphatic carbocycles. The average molecular weight is 1460 g/mol. The predicted molar refractivity (Wildman–Crippen MR) is 381 cm³/mol. The van der Waals surface area contributed by atoms with Gasteiger partial charge in [-0.3, -0.25) is 24.0 Å². The summed E-state index contributed by atoms with van der Waals surface area (Å²) in [6.07, 6.45) is 7.18. The highest BCUT2D eigenvalue weighted by atomic mass is 35.8. The number of aryl methyl sites for hydroxylation is 2. The van der Waals surface area contributed by atoms with Gasteiger partial charge in [-0.2, -0.15) is 0 Å². The Balaban J connectivity index is 0.000000218. The normalized spacial score (nSPS) is 10.5. The fourth-order valence-electron chi connectivity index (χ4n) is 8.51. The van der Waals surface area contributed by atoms with Crippen molar-refractivity contribution in [1.82, 2.24) is 19.9 Å². The number of phenols is 10. The van der Waals surface area contributed by atoms with Gasteiger partial charge in [-0.05, 0) is 185 Å². The SMILES string of the molecule is CC(=O)Cl.CC(=O)c1ccc(O)c2nc(/C=C/c3cc(O)c(O)c(Cl)c3)ccc12.CC(=O)c1ccc(O)c2nc(/C=C/c3cc(O)c(O)c(Cl)c3)ccc12.CC(=O)c1ccc(O)c2nc(C)ccc12.Cc1ccc2cccc(O)c2n1.O=Cc1cc(O)c(O)c(Cl)c1.[Cl][Al]([Cl])[Cl]. The first-order chi connectivity index (χ1) is 45.2. The van der Waals surface area contributed by atoms with Crippen LogP contribution in [0.2, 0.25) is 15.1 Å². The summed E-state index contributed by atoms with van der Waals surface area (Å²) in [6, 6.07) is 37.1. The number of hydrogen-bond donors (Lipinski definition) is 10. The highest BCUT2D eigenvalue weighted by Gasteiger charge is 2.15. The molecular weight excluding hydrogens is 1400 g/mol. The van der Waals surface area contributed by atoms with Crippen LogP contribution in [0.15, 0.2) is 140 Å². The summed E-state index contributed by atoms with van der Waals surface area (Å²) in [4.78, 5) is 71.2. The van der Waals surface area contributed by atoms with Crippen molar-refractivity contribution in [1.29, 1.82) is 0 Å². The van der Waals surface area contributed by atoms with Crippen LogP contribution >= 0.6 is 76.6 Å². The van der Waals surface area contributed by atoms with E-state index in [-0.39, 0.29) is 95.0 Å². The molecule has 4 heterocycles. The van der Waals surface area contributed by atoms with Gasteiger partial charge in [0.1, 0.15) is 51.4 Å². The number of aldehydes is 1. The Kier molecular flexibility index (Phi) is 28.9. The lowest BCUT2D eigenvalue weighted by molar-refractivity contribution is -0.109. The van der Waals surface area contributed by atoms with E-state index in [0.29, 0.717) is 83.7 Å². The van der Waals surface area contributed by atoms with Crippen LogP contribution in [0.25, 0.3) is 67.9 Å². The van der Waals surface area contributed by atoms with Gasteiger partial charge in [-0.25, -0.2) is 50.1 Å². The fourth-order valence-corrected chi connectivity index (χ4v) is 9.18. The summed E-state index contributed by atoms with van der Waals surface area (Å²) < 4.78 is 0. The zero-order valence-electron chi connectivity index (χ0n) is 51.2. The van der Waals surface area contributed by atoms with Crippen molar-refractivity contribution >= 4 is 185 Å². The number of rotatable bonds is 8. The molecule has 7 aromatic carbocycles. The monoisotopic (exact) mass is 1450 g/mol. The molecule has 11 rings (SSSR count). The smallest absolute Gasteiger partial charge is 0.506 e. The van der Waals surface area contributed by atoms with Crippen molar-refractivity contribution in [2.45, 2.75) is 41.5 Å². The summed E-state index contributed by atoms with van der Waals surface area (Å²) in [6.45, 7) is 9.47. The van der Waals surface area contributed by atoms with Crippen molar-refractivity contribution < 1.29 is 75.0 Å². The minimum atomic E-state index is -1.72. The molecular formula is C69H56AlCl7N4O15. The van der Waals surface area contributed by atoms with Crippen LogP contribution in [0.5, 0.6) is 57.5 Å². The van der Waals surface area contributed by atoms with Crippen molar-refractivity contribution in [3.05, 3.63) is 211 Å². The summed E-state index contributed by atoms with van der Waals surface area (Å²) in [5.74, 6) is -2.08. The summed E-state index contributed by atoms with van der Waals surface area (Å²) in [5, 5.41) is 97.5. The molecule has 0 spiro atoms. The van der Waals surface area contributed by atoms with Crippen LogP contribution in [0.3, 0.4) is 0 Å². The molecule has 0 fully saturated rings. The number of carbonyl (C=O) groups is 5. The average Bonchev–Trinajstić information content (AvgIpc) is 0.851. The number of Topliss-reactive ketones (excluding diaryl/α,β-unsaturated/α-hetero) is 3. The Labute approximate surface area is 585 Å². The van der Waals surface area contributed by atoms with Gasteiger partial charge in [0.25, 0.3) is 0 Å². The standard InChI is InChI=1S/2C19H14ClNO4.C12H11NO2.C10H9NO.C7H5ClO3.C2H3ClO.Al.3ClH/c2*1-10(22)13-6-7-16(23)18-14(13)5-4-12(21-18)3-2-11-8-15(20)19(25)17(24)9-11;1-7-3-4-10-9(8(2)14)5-6-11(15)12(10)13-7;1-7-5-6-8-3-2-4-9(12)10(8)11-7;8-5-1-4(3-9)2-6(10)7(5)11;1-2(3)4;;;;/h2*2-9,23-25H,1H3;3-6,15H,1-2H3;2-6,12H,1H3;1-3,10-11H;1H3;;3*1H/q;;;;;;+3;;;/p-3/b2*3-2+;;;;;;;;. The van der Waals surface area contributed by atoms with Crippen molar-refractivity contribution in [2.75, 3.05) is 0 Å². The van der Waals surface area contributed by atoms with Gasteiger partial charge in [0.2, 0.25) is 5.24 Å². The van der Waals surface area contributed by atoms with Gasteiger partial charge in [-0.1, -0.05) is 71.2 Å². The zero-order chi connectivity index (χ0) is 71.4. The number of fused-ring (bicyclic) bond motifs is 4. The van der Waals surface area contributed by atoms with E-state index in [2.05, 4.69) is 31.5 Å². The van der Waals surface area contributed by atoms with Gasteiger partial charge in [0, 0.05) is 62.1 Å². The highest BCUT2D eigenvalue weighted by molar-refractivity contribution is 7.54. The molecule has 27 heteroatoms. The molecule has 0 atom stereocenters. The van der Waals surface area contributed by atoms with Crippen LogP contribution in [0.1, 0.15) is 103 Å². The number of para-hydroxylation sites is 1. The van der Waals surface area contributed by atoms with Gasteiger partial charge in [-0.15, -0.1) is 0 Å². The number of benzene rings is 7. The molecule has 0 unspecified atom stereocenters. The first-order valence-electron chi connectivity index (χ1n) is 27.7. The molecule has 494 valence electrons. The second kappa shape index (κ2) is 35.9. The zero-order valence-corrected chi connectivity index (χ0v) is 57.6. The van der Waals surface area contributed by atoms with Gasteiger partial charge >= 0.3 is 11.4 Å². The maximum Gasteiger partial charge on any atom is 0.643 e. The summed E-state index contributed by atoms with van der Waals surface area (Å²) >= 11 is 20.0. The van der Waals surface area contributed by atoms with E-state index in [0.717, 1.165) is 22.8 Å². The van der Waals surface area contributed by atoms with Crippen LogP contribution < -0.4 is 0 Å². The Hall–Kier alpha value is -9.43. The van der Waals surface area contributed by atoms with E-state index in [9.17, 15) is 64.8 Å². The highest BCUT2D eigenvalue weighted by Crippen LogP contribution is 2.37. The number of phenolic OH excluding ortho intramolecular Hbond substituents is 10. The van der Waals surface area contributed by atoms with Crippen molar-refractivity contribution in [2.24, 2.45) is 0 Å². The largest absolute Gasteiger partial charge is 0.643 e. The molecule has 11 aromatic rings. The first kappa shape index (κ1) is 77.3. The van der Waals surface area contributed by atoms with E-state index in [1.165, 1.54) is 76.2 Å². The molecule has 0 saturated carbocycles. The lowest BCUT2D eigenvalue weighted by Gasteiger charge is -2.06. The Bertz CT molecular complexity index is 4560. The minimum Gasteiger partial charge on any atom is -0.506 e. The molecule has 4 aromatic heterocycles. The maximum atomic E-state index is 11.7. The number of halogens is 7. The van der Waals surface area contributed by atoms with Crippen LogP contribution in [-0.4, -0.2) is 111 Å². The number of carbonyl (C=O) groups excluding carboxylic acids is 5. The molecule has 0 aliphatic heterocycles. The molecule has 10 N–H and O–H groups in total. The third-order valence-corrected chi connectivity index (χ3v) is 13.8. The number of nitrogens with zero attached hydrogens (tertiary/aromatic N) is 4. The maximum absolute atomic E-state index is 11.7. The lowest BCUT2D eigenvalue weighted by Crippen LogP contribution is -1.95. The minimum absolute atomic E-state index is 0.0134. The second-order valence-corrected chi connectivity index (χ2v) is 28.3. The summed E-state index contributed by atoms with van der Waals surface area (Å²) in [5.41, 5.74) is 7.62. The predicted octanol–water partition coefficient (Wildman–Crippen LogP) is 17.5. The van der Waals surface area contributed by atoms with Gasteiger partial charge in [0.05, 0.1) is 26.5 Å². The molecule has 0 amide bonds. The molecule has 19 nitrogen and oxygen atoms in total. The molecule has 0 saturated heterocycles. The van der Waals surface area contributed by atoms with E-state index in [1.54, 1.807) is 72.8 Å². The van der Waals surface area contributed by atoms with E-state index in [4.69, 9.17) is 75.2 Å². The van der Waals surface area contributed by atoms with Crippen LogP contribution in [0.4, 0.5) is 0 Å². The van der Waals surface area contributed by atoms with Crippen LogP contribution in [-0.2, 0) is 4.79 Å². The lowest BCUT2D eigenvalue weighted by atomic mass is 10.0. The number of hydrogen-bond acceptors (Lipinski definition) is 19. The van der Waals surface area contributed by atoms with Crippen molar-refractivity contribution in [3.8, 4) is 57.5 Å². The van der Waals surface area contributed by atoms with E-state index < -0.39 is 17.1 Å². The molecule has 0 bridgehead atoms. The number of ketones is 3. The Morgan fingerprint density at radius 2 is 0.698 bits per heavy atom. The molecule has 96 heavy (non-hydrogen) atoms. The number of aromatic hydroxyl groups is 10. The Morgan fingerprint density at radius 1 is 0.385 bits per heavy atom. The number of pyridine rings is 4. The van der Waals surface area contributed by atoms with Crippen molar-refractivity contribution in [3.63, 3.8) is 0 Å².